The first-order valence-corrected chi connectivity index (χ1v) is 14.0. The molecule has 17 heteroatoms. The second-order valence-electron chi connectivity index (χ2n) is 9.81. The maximum Gasteiger partial charge on any atom is 0.304 e. The Morgan fingerprint density at radius 1 is 1.09 bits per heavy atom. The van der Waals surface area contributed by atoms with E-state index in [1.807, 2.05) is 0 Å². The fraction of sp³-hybridized carbons (Fsp3) is 0.231. The molecule has 0 aliphatic carbocycles. The molecule has 2 aromatic carbocycles. The largest absolute Gasteiger partial charge is 0.501 e. The molecule has 2 amide bonds. The van der Waals surface area contributed by atoms with Gasteiger partial charge in [-0.2, -0.15) is 0 Å². The number of ether oxygens (including phenoxy) is 1. The van der Waals surface area contributed by atoms with Gasteiger partial charge >= 0.3 is 5.91 Å². The summed E-state index contributed by atoms with van der Waals surface area (Å²) < 4.78 is 61.9. The number of carbonyl (C=O) groups is 2. The molecule has 1 aliphatic rings. The van der Waals surface area contributed by atoms with Crippen molar-refractivity contribution in [3.63, 3.8) is 0 Å². The van der Waals surface area contributed by atoms with Crippen molar-refractivity contribution < 1.29 is 36.6 Å². The Morgan fingerprint density at radius 3 is 2.51 bits per heavy atom. The second-order valence-corrected chi connectivity index (χ2v) is 11.5. The predicted octanol–water partition coefficient (Wildman–Crippen LogP) is 1.12. The Morgan fingerprint density at radius 2 is 1.79 bits per heavy atom. The number of aromatic hydroxyl groups is 1. The maximum atomic E-state index is 14.2. The number of carbonyl (C=O) groups excluding carboxylic acids is 2. The van der Waals surface area contributed by atoms with Crippen molar-refractivity contribution in [2.45, 2.75) is 37.4 Å². The minimum absolute atomic E-state index is 0.0328. The summed E-state index contributed by atoms with van der Waals surface area (Å²) in [5.74, 6) is -4.75. The Labute approximate surface area is 242 Å². The molecule has 0 unspecified atom stereocenters. The van der Waals surface area contributed by atoms with Crippen molar-refractivity contribution >= 4 is 21.8 Å². The first-order valence-electron chi connectivity index (χ1n) is 12.6. The first-order chi connectivity index (χ1) is 20.3. The molecule has 0 saturated carbocycles. The first kappa shape index (κ1) is 29.5. The number of amides is 2. The number of sulfonamides is 1. The van der Waals surface area contributed by atoms with Gasteiger partial charge in [0.25, 0.3) is 21.5 Å². The van der Waals surface area contributed by atoms with E-state index in [1.165, 1.54) is 10.6 Å². The van der Waals surface area contributed by atoms with Crippen molar-refractivity contribution in [2.24, 2.45) is 0 Å². The predicted molar refractivity (Wildman–Crippen MR) is 143 cm³/mol. The highest BCUT2D eigenvalue weighted by molar-refractivity contribution is 7.90. The van der Waals surface area contributed by atoms with Gasteiger partial charge in [0, 0.05) is 6.54 Å². The fourth-order valence-electron chi connectivity index (χ4n) is 4.31. The topological polar surface area (TPSA) is 187 Å². The maximum absolute atomic E-state index is 14.2. The van der Waals surface area contributed by atoms with Crippen LogP contribution in [-0.4, -0.2) is 56.3 Å². The summed E-state index contributed by atoms with van der Waals surface area (Å²) in [5, 5.41) is 16.9. The molecule has 0 saturated heterocycles. The summed E-state index contributed by atoms with van der Waals surface area (Å²) in [5.41, 5.74) is -2.03. The van der Waals surface area contributed by atoms with Crippen LogP contribution in [0.25, 0.3) is 5.69 Å². The van der Waals surface area contributed by atoms with E-state index in [0.717, 1.165) is 47.4 Å². The normalized spacial score (nSPS) is 14.1. The smallest absolute Gasteiger partial charge is 0.304 e. The quantitative estimate of drug-likeness (QED) is 0.272. The van der Waals surface area contributed by atoms with Gasteiger partial charge in [0.1, 0.15) is 29.4 Å². The highest BCUT2D eigenvalue weighted by Gasteiger charge is 2.34. The summed E-state index contributed by atoms with van der Waals surface area (Å²) in [6.07, 6.45) is 1.03. The number of benzene rings is 2. The molecule has 3 heterocycles. The summed E-state index contributed by atoms with van der Waals surface area (Å²) in [6, 6.07) is 7.21. The second kappa shape index (κ2) is 11.0. The van der Waals surface area contributed by atoms with Crippen LogP contribution in [-0.2, 0) is 33.5 Å². The van der Waals surface area contributed by atoms with Crippen molar-refractivity contribution in [1.82, 2.24) is 34.4 Å². The monoisotopic (exact) mass is 615 g/mol. The number of fused-ring (bicyclic) bond motifs is 1. The zero-order valence-corrected chi connectivity index (χ0v) is 23.4. The SMILES string of the molecule is CC1(C)OCCn2c1nc(C(=O)NCc1ccc(F)cc1-n1cnc(C(=O)NS(=O)(=O)c3ccc(F)cc3)n1)c(O)c2=O. The number of nitrogens with one attached hydrogen (secondary N) is 2. The van der Waals surface area contributed by atoms with E-state index in [9.17, 15) is 36.7 Å². The van der Waals surface area contributed by atoms with Crippen LogP contribution in [0.4, 0.5) is 8.78 Å². The van der Waals surface area contributed by atoms with Gasteiger partial charge in [0.2, 0.25) is 11.6 Å². The average molecular weight is 616 g/mol. The van der Waals surface area contributed by atoms with Crippen LogP contribution in [0.1, 0.15) is 46.3 Å². The van der Waals surface area contributed by atoms with Gasteiger partial charge < -0.3 is 15.2 Å². The van der Waals surface area contributed by atoms with E-state index in [2.05, 4.69) is 20.4 Å². The van der Waals surface area contributed by atoms with E-state index >= 15 is 0 Å². The molecular formula is C26H23F2N7O7S. The minimum atomic E-state index is -4.38. The number of nitrogens with zero attached hydrogens (tertiary/aromatic N) is 5. The number of hydrogen-bond donors (Lipinski definition) is 3. The van der Waals surface area contributed by atoms with E-state index in [1.54, 1.807) is 18.6 Å². The fourth-order valence-corrected chi connectivity index (χ4v) is 5.26. The highest BCUT2D eigenvalue weighted by Crippen LogP contribution is 2.27. The Balaban J connectivity index is 1.36. The van der Waals surface area contributed by atoms with Gasteiger partial charge in [0.15, 0.2) is 5.69 Å². The number of aromatic nitrogens is 5. The standard InChI is InChI=1S/C26H23F2N7O7S/c1-26(2)25-31-19(20(36)24(39)34(25)9-10-42-26)22(37)29-12-14-3-4-16(28)11-18(14)35-13-30-21(32-35)23(38)33-43(40,41)17-7-5-15(27)6-8-17/h3-8,11,13,36H,9-10,12H2,1-2H3,(H,29,37)(H,33,38). The van der Waals surface area contributed by atoms with Crippen LogP contribution in [0.15, 0.2) is 58.5 Å². The zero-order chi connectivity index (χ0) is 31.1. The third kappa shape index (κ3) is 5.84. The Kier molecular flexibility index (Phi) is 7.53. The van der Waals surface area contributed by atoms with Crippen LogP contribution in [0.5, 0.6) is 5.75 Å². The number of rotatable bonds is 7. The lowest BCUT2D eigenvalue weighted by Gasteiger charge is -2.32. The van der Waals surface area contributed by atoms with Crippen molar-refractivity contribution in [1.29, 1.82) is 0 Å². The van der Waals surface area contributed by atoms with E-state index in [4.69, 9.17) is 4.74 Å². The molecule has 4 aromatic rings. The van der Waals surface area contributed by atoms with E-state index in [-0.39, 0.29) is 41.7 Å². The molecule has 2 aromatic heterocycles. The van der Waals surface area contributed by atoms with Gasteiger partial charge in [-0.25, -0.2) is 36.6 Å². The van der Waals surface area contributed by atoms with Crippen LogP contribution in [0.3, 0.4) is 0 Å². The molecule has 14 nitrogen and oxygen atoms in total. The van der Waals surface area contributed by atoms with Crippen LogP contribution in [0.2, 0.25) is 0 Å². The molecule has 0 bridgehead atoms. The summed E-state index contributed by atoms with van der Waals surface area (Å²) in [4.78, 5) is 45.9. The lowest BCUT2D eigenvalue weighted by Crippen LogP contribution is -2.42. The summed E-state index contributed by atoms with van der Waals surface area (Å²) in [6.45, 7) is 3.43. The lowest BCUT2D eigenvalue weighted by molar-refractivity contribution is -0.0566. The third-order valence-corrected chi connectivity index (χ3v) is 7.80. The van der Waals surface area contributed by atoms with E-state index in [0.29, 0.717) is 0 Å². The number of halogens is 2. The van der Waals surface area contributed by atoms with E-state index < -0.39 is 61.9 Å². The van der Waals surface area contributed by atoms with Gasteiger partial charge in [-0.15, -0.1) is 5.10 Å². The van der Waals surface area contributed by atoms with Gasteiger partial charge in [0.05, 0.1) is 23.7 Å². The van der Waals surface area contributed by atoms with Gasteiger partial charge in [-0.1, -0.05) is 6.07 Å². The Bertz CT molecular complexity index is 1920. The molecule has 43 heavy (non-hydrogen) atoms. The molecule has 0 fully saturated rings. The lowest BCUT2D eigenvalue weighted by atomic mass is 10.1. The molecule has 5 rings (SSSR count). The molecular weight excluding hydrogens is 592 g/mol. The van der Waals surface area contributed by atoms with Gasteiger partial charge in [-0.3, -0.25) is 19.0 Å². The van der Waals surface area contributed by atoms with Crippen LogP contribution in [0, 0.1) is 11.6 Å². The third-order valence-electron chi connectivity index (χ3n) is 6.46. The number of hydrogen-bond acceptors (Lipinski definition) is 10. The minimum Gasteiger partial charge on any atom is -0.501 e. The molecule has 3 N–H and O–H groups in total. The van der Waals surface area contributed by atoms with Crippen molar-refractivity contribution in [2.75, 3.05) is 6.61 Å². The zero-order valence-electron chi connectivity index (χ0n) is 22.5. The molecule has 224 valence electrons. The average Bonchev–Trinajstić information content (AvgIpc) is 3.45. The van der Waals surface area contributed by atoms with Gasteiger partial charge in [-0.05, 0) is 55.8 Å². The van der Waals surface area contributed by atoms with Crippen molar-refractivity contribution in [3.05, 3.63) is 93.7 Å². The molecule has 0 radical (unpaired) electrons. The molecule has 0 spiro atoms. The van der Waals surface area contributed by atoms with Crippen LogP contribution < -0.4 is 15.6 Å². The molecule has 0 atom stereocenters. The summed E-state index contributed by atoms with van der Waals surface area (Å²) >= 11 is 0. The molecule has 1 aliphatic heterocycles. The van der Waals surface area contributed by atoms with Crippen molar-refractivity contribution in [3.8, 4) is 11.4 Å². The Hall–Kier alpha value is -5.03. The summed E-state index contributed by atoms with van der Waals surface area (Å²) in [7, 11) is -4.38. The highest BCUT2D eigenvalue weighted by atomic mass is 32.2. The van der Waals surface area contributed by atoms with Crippen LogP contribution >= 0.6 is 0 Å².